The molecule has 0 aliphatic carbocycles. The molecule has 0 bridgehead atoms. The topological polar surface area (TPSA) is 68.3 Å². The lowest BCUT2D eigenvalue weighted by Crippen LogP contribution is -2.23. The van der Waals surface area contributed by atoms with Crippen molar-refractivity contribution < 1.29 is 9.34 Å². The van der Waals surface area contributed by atoms with Crippen molar-refractivity contribution in [2.75, 3.05) is 6.54 Å². The number of nitrogens with zero attached hydrogens (tertiary/aromatic N) is 1. The van der Waals surface area contributed by atoms with Crippen LogP contribution in [-0.2, 0) is 6.42 Å². The van der Waals surface area contributed by atoms with Gasteiger partial charge in [0.1, 0.15) is 10.7 Å². The summed E-state index contributed by atoms with van der Waals surface area (Å²) in [7, 11) is 0. The zero-order valence-electron chi connectivity index (χ0n) is 7.73. The van der Waals surface area contributed by atoms with Gasteiger partial charge < -0.3 is 9.73 Å². The lowest BCUT2D eigenvalue weighted by atomic mass is 10.1. The third kappa shape index (κ3) is 1.93. The highest BCUT2D eigenvalue weighted by atomic mass is 16.6. The molecular weight excluding hydrogens is 184 g/mol. The minimum Gasteiger partial charge on any atom is -0.406 e. The number of hydrogen-bond acceptors (Lipinski definition) is 4. The van der Waals surface area contributed by atoms with Gasteiger partial charge in [0.15, 0.2) is 0 Å². The molecule has 1 atom stereocenters. The molecule has 76 valence electrons. The maximum Gasteiger partial charge on any atom is 0.433 e. The second-order valence-electron chi connectivity index (χ2n) is 3.49. The molecule has 1 N–H and O–H groups in total. The summed E-state index contributed by atoms with van der Waals surface area (Å²) in [6, 6.07) is 3.50. The summed E-state index contributed by atoms with van der Waals surface area (Å²) >= 11 is 0. The van der Waals surface area contributed by atoms with Crippen molar-refractivity contribution in [2.24, 2.45) is 0 Å². The van der Waals surface area contributed by atoms with Crippen LogP contribution in [0.5, 0.6) is 0 Å². The molecule has 1 fully saturated rings. The Labute approximate surface area is 81.2 Å². The average molecular weight is 196 g/mol. The van der Waals surface area contributed by atoms with E-state index in [1.807, 2.05) is 0 Å². The molecule has 0 saturated carbocycles. The molecule has 0 aromatic carbocycles. The van der Waals surface area contributed by atoms with Crippen molar-refractivity contribution in [3.63, 3.8) is 0 Å². The lowest BCUT2D eigenvalue weighted by Gasteiger charge is -2.05. The Morgan fingerprint density at radius 3 is 3.07 bits per heavy atom. The van der Waals surface area contributed by atoms with Gasteiger partial charge in [-0.15, -0.1) is 0 Å². The third-order valence-corrected chi connectivity index (χ3v) is 2.44. The number of rotatable bonds is 3. The maximum atomic E-state index is 10.3. The van der Waals surface area contributed by atoms with E-state index in [9.17, 15) is 10.1 Å². The predicted molar refractivity (Wildman–Crippen MR) is 50.1 cm³/mol. The first-order valence-electron chi connectivity index (χ1n) is 4.72. The van der Waals surface area contributed by atoms with Gasteiger partial charge in [-0.3, -0.25) is 10.1 Å². The summed E-state index contributed by atoms with van der Waals surface area (Å²) in [4.78, 5) is 9.84. The van der Waals surface area contributed by atoms with Crippen molar-refractivity contribution in [1.82, 2.24) is 5.32 Å². The summed E-state index contributed by atoms with van der Waals surface area (Å²) in [5.41, 5.74) is 0. The number of furan rings is 1. The molecule has 2 heterocycles. The Balaban J connectivity index is 1.98. The van der Waals surface area contributed by atoms with E-state index in [0.29, 0.717) is 11.8 Å². The molecule has 5 nitrogen and oxygen atoms in total. The molecule has 14 heavy (non-hydrogen) atoms. The van der Waals surface area contributed by atoms with Crippen LogP contribution in [0.4, 0.5) is 5.88 Å². The standard InChI is InChI=1S/C9H12N2O3/c12-11(13)9-4-3-8(14-9)6-7-2-1-5-10-7/h3-4,7,10H,1-2,5-6H2. The Kier molecular flexibility index (Phi) is 2.49. The monoisotopic (exact) mass is 196 g/mol. The first kappa shape index (κ1) is 9.21. The van der Waals surface area contributed by atoms with Crippen molar-refractivity contribution in [3.8, 4) is 0 Å². The van der Waals surface area contributed by atoms with E-state index >= 15 is 0 Å². The fourth-order valence-corrected chi connectivity index (χ4v) is 1.75. The quantitative estimate of drug-likeness (QED) is 0.587. The molecule has 0 amide bonds. The van der Waals surface area contributed by atoms with E-state index in [1.165, 1.54) is 12.5 Å². The van der Waals surface area contributed by atoms with Crippen molar-refractivity contribution in [3.05, 3.63) is 28.0 Å². The van der Waals surface area contributed by atoms with Gasteiger partial charge in [0.2, 0.25) is 0 Å². The Bertz CT molecular complexity index is 329. The van der Waals surface area contributed by atoms with E-state index in [0.717, 1.165) is 19.4 Å². The van der Waals surface area contributed by atoms with Gasteiger partial charge in [-0.1, -0.05) is 0 Å². The van der Waals surface area contributed by atoms with Crippen molar-refractivity contribution in [1.29, 1.82) is 0 Å². The molecule has 0 spiro atoms. The van der Waals surface area contributed by atoms with E-state index in [2.05, 4.69) is 5.32 Å². The molecule has 2 rings (SSSR count). The zero-order chi connectivity index (χ0) is 9.97. The van der Waals surface area contributed by atoms with E-state index in [-0.39, 0.29) is 5.88 Å². The smallest absolute Gasteiger partial charge is 0.406 e. The van der Waals surface area contributed by atoms with Crippen LogP contribution in [0.2, 0.25) is 0 Å². The fraction of sp³-hybridized carbons (Fsp3) is 0.556. The second-order valence-corrected chi connectivity index (χ2v) is 3.49. The molecule has 0 radical (unpaired) electrons. The number of nitrogens with one attached hydrogen (secondary N) is 1. The zero-order valence-corrected chi connectivity index (χ0v) is 7.73. The fourth-order valence-electron chi connectivity index (χ4n) is 1.75. The maximum absolute atomic E-state index is 10.3. The highest BCUT2D eigenvalue weighted by Crippen LogP contribution is 2.19. The molecule has 1 aliphatic heterocycles. The van der Waals surface area contributed by atoms with E-state index in [1.54, 1.807) is 6.07 Å². The minimum atomic E-state index is -0.508. The van der Waals surface area contributed by atoms with Gasteiger partial charge in [-0.05, 0) is 25.5 Å². The Morgan fingerprint density at radius 2 is 2.50 bits per heavy atom. The van der Waals surface area contributed by atoms with Crippen molar-refractivity contribution >= 4 is 5.88 Å². The largest absolute Gasteiger partial charge is 0.433 e. The van der Waals surface area contributed by atoms with Crippen LogP contribution in [0.3, 0.4) is 0 Å². The Hall–Kier alpha value is -1.36. The summed E-state index contributed by atoms with van der Waals surface area (Å²) in [5, 5.41) is 13.7. The van der Waals surface area contributed by atoms with Gasteiger partial charge in [0.25, 0.3) is 0 Å². The van der Waals surface area contributed by atoms with Gasteiger partial charge in [0, 0.05) is 12.5 Å². The number of nitro groups is 1. The van der Waals surface area contributed by atoms with E-state index in [4.69, 9.17) is 4.42 Å². The van der Waals surface area contributed by atoms with Gasteiger partial charge in [-0.25, -0.2) is 0 Å². The van der Waals surface area contributed by atoms with Gasteiger partial charge >= 0.3 is 5.88 Å². The van der Waals surface area contributed by atoms with Crippen LogP contribution in [0.1, 0.15) is 18.6 Å². The average Bonchev–Trinajstić information content (AvgIpc) is 2.75. The van der Waals surface area contributed by atoms with Gasteiger partial charge in [-0.2, -0.15) is 0 Å². The van der Waals surface area contributed by atoms with E-state index < -0.39 is 4.92 Å². The van der Waals surface area contributed by atoms with Crippen LogP contribution in [0.15, 0.2) is 16.5 Å². The van der Waals surface area contributed by atoms with Crippen molar-refractivity contribution in [2.45, 2.75) is 25.3 Å². The van der Waals surface area contributed by atoms with Crippen LogP contribution in [0.25, 0.3) is 0 Å². The van der Waals surface area contributed by atoms with Crippen LogP contribution < -0.4 is 5.32 Å². The normalized spacial score (nSPS) is 21.3. The van der Waals surface area contributed by atoms with Crippen LogP contribution in [0, 0.1) is 10.1 Å². The molecule has 1 saturated heterocycles. The molecule has 1 aromatic heterocycles. The third-order valence-electron chi connectivity index (χ3n) is 2.44. The number of hydrogen-bond donors (Lipinski definition) is 1. The van der Waals surface area contributed by atoms with Gasteiger partial charge in [0.05, 0.1) is 6.07 Å². The molecular formula is C9H12N2O3. The summed E-state index contributed by atoms with van der Waals surface area (Å²) < 4.78 is 5.07. The molecule has 5 heteroatoms. The minimum absolute atomic E-state index is 0.169. The highest BCUT2D eigenvalue weighted by molar-refractivity contribution is 5.18. The first-order valence-corrected chi connectivity index (χ1v) is 4.72. The summed E-state index contributed by atoms with van der Waals surface area (Å²) in [6.07, 6.45) is 3.04. The highest BCUT2D eigenvalue weighted by Gasteiger charge is 2.18. The SMILES string of the molecule is O=[N+]([O-])c1ccc(CC2CCCN2)o1. The first-order chi connectivity index (χ1) is 6.75. The summed E-state index contributed by atoms with van der Waals surface area (Å²) in [6.45, 7) is 1.04. The predicted octanol–water partition coefficient (Wildman–Crippen LogP) is 1.48. The molecule has 1 aromatic rings. The summed E-state index contributed by atoms with van der Waals surface area (Å²) in [5.74, 6) is 0.522. The van der Waals surface area contributed by atoms with Crippen LogP contribution >= 0.6 is 0 Å². The second kappa shape index (κ2) is 3.79. The Morgan fingerprint density at radius 1 is 1.64 bits per heavy atom. The molecule has 1 aliphatic rings. The molecule has 1 unspecified atom stereocenters. The van der Waals surface area contributed by atoms with Crippen LogP contribution in [-0.4, -0.2) is 17.5 Å². The lowest BCUT2D eigenvalue weighted by molar-refractivity contribution is -0.402.